The van der Waals surface area contributed by atoms with Crippen molar-refractivity contribution in [1.82, 2.24) is 5.43 Å². The first-order valence-electron chi connectivity index (χ1n) is 5.51. The molecule has 0 radical (unpaired) electrons. The van der Waals surface area contributed by atoms with Crippen LogP contribution in [-0.4, -0.2) is 17.2 Å². The number of amides is 1. The normalized spacial score (nSPS) is 11.9. The maximum absolute atomic E-state index is 11.7. The zero-order valence-electron chi connectivity index (χ0n) is 10.3. The van der Waals surface area contributed by atoms with E-state index in [0.717, 1.165) is 0 Å². The second-order valence-electron chi connectivity index (χ2n) is 3.47. The van der Waals surface area contributed by atoms with Crippen molar-refractivity contribution in [1.29, 1.82) is 0 Å². The molecule has 0 aliphatic carbocycles. The number of benzene rings is 1. The molecule has 0 aliphatic heterocycles. The van der Waals surface area contributed by atoms with Crippen LogP contribution >= 0.6 is 0 Å². The lowest BCUT2D eigenvalue weighted by molar-refractivity contribution is -0.117. The van der Waals surface area contributed by atoms with E-state index in [4.69, 9.17) is 5.73 Å². The Kier molecular flexibility index (Phi) is 5.62. The van der Waals surface area contributed by atoms with Crippen LogP contribution in [0.4, 0.5) is 0 Å². The molecule has 0 saturated heterocycles. The molecule has 1 amide bonds. The molecule has 1 aromatic carbocycles. The number of phenolic OH excluding ortho intramolecular Hbond substituents is 1. The number of phenols is 1. The van der Waals surface area contributed by atoms with Gasteiger partial charge in [0, 0.05) is 11.1 Å². The Balaban J connectivity index is 2.71. The SMILES string of the molecule is C=C/C=C(\C=C/N)C(=O)N/N=C/c1ccccc1O. The molecule has 0 aromatic heterocycles. The highest BCUT2D eigenvalue weighted by molar-refractivity contribution is 5.97. The fourth-order valence-electron chi connectivity index (χ4n) is 1.26. The first kappa shape index (κ1) is 14.2. The Hall–Kier alpha value is -2.82. The van der Waals surface area contributed by atoms with E-state index in [-0.39, 0.29) is 5.75 Å². The van der Waals surface area contributed by atoms with Gasteiger partial charge in [-0.05, 0) is 30.5 Å². The summed E-state index contributed by atoms with van der Waals surface area (Å²) >= 11 is 0. The van der Waals surface area contributed by atoms with E-state index in [1.165, 1.54) is 36.7 Å². The van der Waals surface area contributed by atoms with Gasteiger partial charge in [-0.2, -0.15) is 5.10 Å². The third-order valence-electron chi connectivity index (χ3n) is 2.14. The van der Waals surface area contributed by atoms with Crippen LogP contribution in [0.3, 0.4) is 0 Å². The topological polar surface area (TPSA) is 87.7 Å². The largest absolute Gasteiger partial charge is 0.507 e. The Labute approximate surface area is 111 Å². The Morgan fingerprint density at radius 3 is 2.79 bits per heavy atom. The molecule has 0 spiro atoms. The highest BCUT2D eigenvalue weighted by Crippen LogP contribution is 2.12. The number of hydrogen-bond acceptors (Lipinski definition) is 4. The molecule has 0 atom stereocenters. The number of allylic oxidation sites excluding steroid dienone is 2. The Morgan fingerprint density at radius 2 is 2.16 bits per heavy atom. The van der Waals surface area contributed by atoms with Crippen LogP contribution in [0.1, 0.15) is 5.56 Å². The molecule has 0 unspecified atom stereocenters. The van der Waals surface area contributed by atoms with E-state index >= 15 is 0 Å². The summed E-state index contributed by atoms with van der Waals surface area (Å²) < 4.78 is 0. The van der Waals surface area contributed by atoms with Crippen LogP contribution in [-0.2, 0) is 4.79 Å². The van der Waals surface area contributed by atoms with E-state index in [1.807, 2.05) is 0 Å². The summed E-state index contributed by atoms with van der Waals surface area (Å²) in [7, 11) is 0. The standard InChI is InChI=1S/C14H15N3O2/c1-2-5-11(8-9-15)14(19)17-16-10-12-6-3-4-7-13(12)18/h2-10,18H,1,15H2,(H,17,19)/b9-8-,11-5+,16-10+. The second-order valence-corrected chi connectivity index (χ2v) is 3.47. The number of hydrazone groups is 1. The van der Waals surface area contributed by atoms with Gasteiger partial charge in [-0.1, -0.05) is 24.8 Å². The molecule has 1 rings (SSSR count). The highest BCUT2D eigenvalue weighted by Gasteiger charge is 2.03. The third kappa shape index (κ3) is 4.51. The maximum atomic E-state index is 11.7. The summed E-state index contributed by atoms with van der Waals surface area (Å²) in [5.74, 6) is -0.336. The summed E-state index contributed by atoms with van der Waals surface area (Å²) in [5, 5.41) is 13.3. The summed E-state index contributed by atoms with van der Waals surface area (Å²) in [5.41, 5.74) is 8.39. The number of aromatic hydroxyl groups is 1. The van der Waals surface area contributed by atoms with E-state index in [2.05, 4.69) is 17.1 Å². The number of nitrogens with zero attached hydrogens (tertiary/aromatic N) is 1. The van der Waals surface area contributed by atoms with Crippen molar-refractivity contribution < 1.29 is 9.90 Å². The van der Waals surface area contributed by atoms with Crippen LogP contribution in [0.25, 0.3) is 0 Å². The summed E-state index contributed by atoms with van der Waals surface area (Å²) in [6.07, 6.45) is 7.02. The van der Waals surface area contributed by atoms with Gasteiger partial charge in [-0.25, -0.2) is 5.43 Å². The highest BCUT2D eigenvalue weighted by atomic mass is 16.3. The minimum absolute atomic E-state index is 0.0872. The van der Waals surface area contributed by atoms with Gasteiger partial charge in [-0.15, -0.1) is 0 Å². The van der Waals surface area contributed by atoms with Gasteiger partial charge in [0.1, 0.15) is 5.75 Å². The molecule has 0 bridgehead atoms. The quantitative estimate of drug-likeness (QED) is 0.323. The van der Waals surface area contributed by atoms with Gasteiger partial charge in [-0.3, -0.25) is 4.79 Å². The molecule has 5 nitrogen and oxygen atoms in total. The van der Waals surface area contributed by atoms with Crippen LogP contribution in [0, 0.1) is 0 Å². The van der Waals surface area contributed by atoms with Gasteiger partial charge in [0.15, 0.2) is 0 Å². The van der Waals surface area contributed by atoms with Crippen LogP contribution in [0.15, 0.2) is 65.9 Å². The van der Waals surface area contributed by atoms with E-state index in [0.29, 0.717) is 11.1 Å². The Morgan fingerprint density at radius 1 is 1.42 bits per heavy atom. The van der Waals surface area contributed by atoms with Gasteiger partial charge in [0.25, 0.3) is 5.91 Å². The lowest BCUT2D eigenvalue weighted by Gasteiger charge is -2.00. The number of carbonyl (C=O) groups is 1. The lowest BCUT2D eigenvalue weighted by atomic mass is 10.2. The van der Waals surface area contributed by atoms with E-state index in [1.54, 1.807) is 18.2 Å². The number of para-hydroxylation sites is 1. The smallest absolute Gasteiger partial charge is 0.271 e. The molecule has 0 fully saturated rings. The fraction of sp³-hybridized carbons (Fsp3) is 0. The van der Waals surface area contributed by atoms with Crippen LogP contribution in [0.5, 0.6) is 5.75 Å². The summed E-state index contributed by atoms with van der Waals surface area (Å²) in [6, 6.07) is 6.65. The van der Waals surface area contributed by atoms with Crippen molar-refractivity contribution in [2.75, 3.05) is 0 Å². The molecule has 0 aliphatic rings. The minimum Gasteiger partial charge on any atom is -0.507 e. The third-order valence-corrected chi connectivity index (χ3v) is 2.14. The van der Waals surface area contributed by atoms with Crippen molar-refractivity contribution in [3.05, 3.63) is 66.4 Å². The van der Waals surface area contributed by atoms with Gasteiger partial charge in [0.05, 0.1) is 6.21 Å². The molecular weight excluding hydrogens is 242 g/mol. The van der Waals surface area contributed by atoms with Crippen molar-refractivity contribution >= 4 is 12.1 Å². The fourth-order valence-corrected chi connectivity index (χ4v) is 1.26. The zero-order valence-corrected chi connectivity index (χ0v) is 10.3. The van der Waals surface area contributed by atoms with Crippen LogP contribution in [0.2, 0.25) is 0 Å². The van der Waals surface area contributed by atoms with Crippen molar-refractivity contribution in [3.8, 4) is 5.75 Å². The summed E-state index contributed by atoms with van der Waals surface area (Å²) in [6.45, 7) is 3.50. The van der Waals surface area contributed by atoms with Gasteiger partial charge < -0.3 is 10.8 Å². The first-order chi connectivity index (χ1) is 9.19. The molecular formula is C14H15N3O2. The van der Waals surface area contributed by atoms with Gasteiger partial charge >= 0.3 is 0 Å². The summed E-state index contributed by atoms with van der Waals surface area (Å²) in [4.78, 5) is 11.7. The lowest BCUT2D eigenvalue weighted by Crippen LogP contribution is -2.19. The molecule has 19 heavy (non-hydrogen) atoms. The van der Waals surface area contributed by atoms with Crippen molar-refractivity contribution in [2.45, 2.75) is 0 Å². The molecule has 4 N–H and O–H groups in total. The average molecular weight is 257 g/mol. The number of carbonyl (C=O) groups excluding carboxylic acids is 1. The number of nitrogens with two attached hydrogens (primary N) is 1. The minimum atomic E-state index is -0.423. The maximum Gasteiger partial charge on any atom is 0.271 e. The van der Waals surface area contributed by atoms with Crippen molar-refractivity contribution in [2.24, 2.45) is 10.8 Å². The zero-order chi connectivity index (χ0) is 14.1. The number of hydrogen-bond donors (Lipinski definition) is 3. The van der Waals surface area contributed by atoms with Gasteiger partial charge in [0.2, 0.25) is 0 Å². The molecule has 98 valence electrons. The predicted molar refractivity (Wildman–Crippen MR) is 75.5 cm³/mol. The average Bonchev–Trinajstić information content (AvgIpc) is 2.40. The first-order valence-corrected chi connectivity index (χ1v) is 5.51. The molecule has 5 heteroatoms. The van der Waals surface area contributed by atoms with E-state index < -0.39 is 5.91 Å². The predicted octanol–water partition coefficient (Wildman–Crippen LogP) is 1.43. The molecule has 0 saturated carbocycles. The van der Waals surface area contributed by atoms with Crippen LogP contribution < -0.4 is 11.2 Å². The molecule has 1 aromatic rings. The second kappa shape index (κ2) is 7.50. The Bertz CT molecular complexity index is 545. The van der Waals surface area contributed by atoms with E-state index in [9.17, 15) is 9.90 Å². The molecule has 0 heterocycles. The number of nitrogens with one attached hydrogen (secondary N) is 1. The van der Waals surface area contributed by atoms with Crippen molar-refractivity contribution in [3.63, 3.8) is 0 Å². The number of rotatable bonds is 5. The monoisotopic (exact) mass is 257 g/mol.